The monoisotopic (exact) mass is 245 g/mol. The van der Waals surface area contributed by atoms with Crippen molar-refractivity contribution in [3.05, 3.63) is 29.0 Å². The van der Waals surface area contributed by atoms with Crippen LogP contribution in [0.4, 0.5) is 10.1 Å². The number of unbranched alkanes of at least 4 members (excludes halogenated alkanes) is 1. The van der Waals surface area contributed by atoms with Crippen molar-refractivity contribution in [3.63, 3.8) is 0 Å². The van der Waals surface area contributed by atoms with Gasteiger partial charge in [0.2, 0.25) is 0 Å². The van der Waals surface area contributed by atoms with Gasteiger partial charge in [-0.2, -0.15) is 0 Å². The van der Waals surface area contributed by atoms with Crippen LogP contribution in [0.3, 0.4) is 0 Å². The van der Waals surface area contributed by atoms with E-state index >= 15 is 0 Å². The number of rotatable bonds is 6. The number of hydrogen-bond donors (Lipinski definition) is 2. The normalized spacial score (nSPS) is 10.1. The van der Waals surface area contributed by atoms with Gasteiger partial charge in [0.15, 0.2) is 0 Å². The van der Waals surface area contributed by atoms with Crippen LogP contribution in [-0.4, -0.2) is 17.6 Å². The molecule has 0 saturated carbocycles. The number of hydrogen-bond acceptors (Lipinski definition) is 2. The highest BCUT2D eigenvalue weighted by molar-refractivity contribution is 6.33. The topological polar surface area (TPSA) is 49.3 Å². The van der Waals surface area contributed by atoms with Crippen LogP contribution < -0.4 is 5.32 Å². The van der Waals surface area contributed by atoms with E-state index < -0.39 is 5.97 Å². The van der Waals surface area contributed by atoms with Crippen molar-refractivity contribution in [1.82, 2.24) is 0 Å². The van der Waals surface area contributed by atoms with Gasteiger partial charge in [-0.05, 0) is 31.0 Å². The summed E-state index contributed by atoms with van der Waals surface area (Å²) in [4.78, 5) is 10.2. The number of carboxylic acid groups (broad SMARTS) is 1. The predicted octanol–water partition coefficient (Wildman–Crippen LogP) is 3.15. The Bertz CT molecular complexity index is 371. The van der Waals surface area contributed by atoms with Gasteiger partial charge in [0.1, 0.15) is 5.82 Å². The van der Waals surface area contributed by atoms with Gasteiger partial charge in [0, 0.05) is 13.0 Å². The van der Waals surface area contributed by atoms with Gasteiger partial charge in [-0.15, -0.1) is 0 Å². The molecule has 0 atom stereocenters. The van der Waals surface area contributed by atoms with Crippen LogP contribution in [0.15, 0.2) is 18.2 Å². The smallest absolute Gasteiger partial charge is 0.303 e. The second-order valence-corrected chi connectivity index (χ2v) is 3.81. The molecule has 1 aromatic rings. The maximum atomic E-state index is 12.9. The molecular formula is C11H13ClFNO2. The van der Waals surface area contributed by atoms with E-state index in [1.54, 1.807) is 0 Å². The Morgan fingerprint density at radius 1 is 1.44 bits per heavy atom. The molecule has 0 radical (unpaired) electrons. The maximum absolute atomic E-state index is 12.9. The molecule has 0 spiro atoms. The van der Waals surface area contributed by atoms with Crippen LogP contribution in [0.2, 0.25) is 5.02 Å². The van der Waals surface area contributed by atoms with Gasteiger partial charge >= 0.3 is 5.97 Å². The van der Waals surface area contributed by atoms with Gasteiger partial charge in [-0.3, -0.25) is 4.79 Å². The number of anilines is 1. The molecule has 0 aromatic heterocycles. The molecule has 0 fully saturated rings. The van der Waals surface area contributed by atoms with Crippen molar-refractivity contribution in [1.29, 1.82) is 0 Å². The molecule has 1 rings (SSSR count). The summed E-state index contributed by atoms with van der Waals surface area (Å²) in [5.74, 6) is -1.15. The molecular weight excluding hydrogens is 233 g/mol. The molecule has 16 heavy (non-hydrogen) atoms. The van der Waals surface area contributed by atoms with E-state index in [9.17, 15) is 9.18 Å². The molecule has 0 aliphatic carbocycles. The lowest BCUT2D eigenvalue weighted by Gasteiger charge is -2.07. The average molecular weight is 246 g/mol. The van der Waals surface area contributed by atoms with Crippen LogP contribution in [0.25, 0.3) is 0 Å². The highest BCUT2D eigenvalue weighted by Crippen LogP contribution is 2.22. The van der Waals surface area contributed by atoms with Crippen molar-refractivity contribution in [2.75, 3.05) is 11.9 Å². The Hall–Kier alpha value is -1.29. The van der Waals surface area contributed by atoms with Gasteiger partial charge in [0.25, 0.3) is 0 Å². The molecule has 0 unspecified atom stereocenters. The van der Waals surface area contributed by atoms with Crippen molar-refractivity contribution in [2.24, 2.45) is 0 Å². The summed E-state index contributed by atoms with van der Waals surface area (Å²) in [7, 11) is 0. The molecule has 3 nitrogen and oxygen atoms in total. The van der Waals surface area contributed by atoms with Crippen LogP contribution >= 0.6 is 11.6 Å². The molecule has 0 aliphatic heterocycles. The lowest BCUT2D eigenvalue weighted by atomic mass is 10.2. The van der Waals surface area contributed by atoms with E-state index in [1.807, 2.05) is 0 Å². The Morgan fingerprint density at radius 3 is 2.88 bits per heavy atom. The highest BCUT2D eigenvalue weighted by atomic mass is 35.5. The lowest BCUT2D eigenvalue weighted by molar-refractivity contribution is -0.137. The SMILES string of the molecule is O=C(O)CCCCNc1cc(F)ccc1Cl. The number of carboxylic acids is 1. The molecule has 0 aliphatic rings. The van der Waals surface area contributed by atoms with Crippen molar-refractivity contribution in [3.8, 4) is 0 Å². The van der Waals surface area contributed by atoms with Crippen LogP contribution in [-0.2, 0) is 4.79 Å². The number of aliphatic carboxylic acids is 1. The molecule has 5 heteroatoms. The minimum atomic E-state index is -0.802. The second kappa shape index (κ2) is 6.33. The summed E-state index contributed by atoms with van der Waals surface area (Å²) in [6.45, 7) is 0.580. The van der Waals surface area contributed by atoms with E-state index in [0.29, 0.717) is 30.1 Å². The van der Waals surface area contributed by atoms with Crippen LogP contribution in [0.1, 0.15) is 19.3 Å². The van der Waals surface area contributed by atoms with E-state index in [-0.39, 0.29) is 12.2 Å². The Labute approximate surface area is 98.2 Å². The Balaban J connectivity index is 2.31. The summed E-state index contributed by atoms with van der Waals surface area (Å²) in [5.41, 5.74) is 0.539. The summed E-state index contributed by atoms with van der Waals surface area (Å²) < 4.78 is 12.9. The fourth-order valence-corrected chi connectivity index (χ4v) is 1.44. The molecule has 0 bridgehead atoms. The number of halogens is 2. The van der Waals surface area contributed by atoms with Gasteiger partial charge in [-0.25, -0.2) is 4.39 Å². The zero-order valence-electron chi connectivity index (χ0n) is 8.67. The minimum Gasteiger partial charge on any atom is -0.481 e. The molecule has 0 heterocycles. The fraction of sp³-hybridized carbons (Fsp3) is 0.364. The van der Waals surface area contributed by atoms with E-state index in [0.717, 1.165) is 0 Å². The highest BCUT2D eigenvalue weighted by Gasteiger charge is 2.01. The first kappa shape index (κ1) is 12.8. The zero-order valence-corrected chi connectivity index (χ0v) is 9.43. The van der Waals surface area contributed by atoms with E-state index in [2.05, 4.69) is 5.32 Å². The van der Waals surface area contributed by atoms with E-state index in [4.69, 9.17) is 16.7 Å². The van der Waals surface area contributed by atoms with Crippen LogP contribution in [0.5, 0.6) is 0 Å². The van der Waals surface area contributed by atoms with Crippen molar-refractivity contribution in [2.45, 2.75) is 19.3 Å². The van der Waals surface area contributed by atoms with E-state index in [1.165, 1.54) is 18.2 Å². The van der Waals surface area contributed by atoms with Crippen molar-refractivity contribution >= 4 is 23.3 Å². The quantitative estimate of drug-likeness (QED) is 0.757. The third kappa shape index (κ3) is 4.49. The summed E-state index contributed by atoms with van der Waals surface area (Å²) in [6.07, 6.45) is 1.45. The molecule has 2 N–H and O–H groups in total. The molecule has 88 valence electrons. The standard InChI is InChI=1S/C11H13ClFNO2/c12-9-5-4-8(13)7-10(9)14-6-2-1-3-11(15)16/h4-5,7,14H,1-3,6H2,(H,15,16). The van der Waals surface area contributed by atoms with Gasteiger partial charge in [0.05, 0.1) is 10.7 Å². The summed E-state index contributed by atoms with van der Waals surface area (Å²) in [6, 6.07) is 4.09. The fourth-order valence-electron chi connectivity index (χ4n) is 1.26. The first-order valence-electron chi connectivity index (χ1n) is 5.00. The van der Waals surface area contributed by atoms with Gasteiger partial charge in [-0.1, -0.05) is 11.6 Å². The van der Waals surface area contributed by atoms with Crippen molar-refractivity contribution < 1.29 is 14.3 Å². The molecule has 0 amide bonds. The first-order chi connectivity index (χ1) is 7.59. The summed E-state index contributed by atoms with van der Waals surface area (Å²) in [5, 5.41) is 11.8. The van der Waals surface area contributed by atoms with Crippen LogP contribution in [0, 0.1) is 5.82 Å². The average Bonchev–Trinajstić information content (AvgIpc) is 2.22. The Kier molecular flexibility index (Phi) is 5.05. The summed E-state index contributed by atoms with van der Waals surface area (Å²) >= 11 is 5.84. The van der Waals surface area contributed by atoms with Gasteiger partial charge < -0.3 is 10.4 Å². The number of benzene rings is 1. The third-order valence-electron chi connectivity index (χ3n) is 2.06. The maximum Gasteiger partial charge on any atom is 0.303 e. The largest absolute Gasteiger partial charge is 0.481 e. The molecule has 1 aromatic carbocycles. The third-order valence-corrected chi connectivity index (χ3v) is 2.39. The Morgan fingerprint density at radius 2 is 2.19 bits per heavy atom. The first-order valence-corrected chi connectivity index (χ1v) is 5.38. The zero-order chi connectivity index (χ0) is 12.0. The number of carbonyl (C=O) groups is 1. The minimum absolute atomic E-state index is 0.151. The predicted molar refractivity (Wildman–Crippen MR) is 61.4 cm³/mol. The lowest BCUT2D eigenvalue weighted by Crippen LogP contribution is -2.03. The number of nitrogens with one attached hydrogen (secondary N) is 1. The molecule has 0 saturated heterocycles. The second-order valence-electron chi connectivity index (χ2n) is 3.40.